The number of hydrogen-bond donors (Lipinski definition) is 2. The molecule has 0 saturated carbocycles. The minimum atomic E-state index is -0.682. The van der Waals surface area contributed by atoms with Gasteiger partial charge in [-0.05, 0) is 47.2 Å². The Morgan fingerprint density at radius 2 is 1.59 bits per heavy atom. The number of amides is 2. The molecule has 4 rings (SSSR count). The smallest absolute Gasteiger partial charge is 0.345 e. The summed E-state index contributed by atoms with van der Waals surface area (Å²) in [4.78, 5) is 37.3. The molecule has 2 amide bonds. The van der Waals surface area contributed by atoms with Crippen LogP contribution in [0, 0.1) is 0 Å². The first-order valence-corrected chi connectivity index (χ1v) is 12.0. The fraction of sp³-hybridized carbons (Fsp3) is 0.0370. The zero-order valence-electron chi connectivity index (χ0n) is 19.0. The summed E-state index contributed by atoms with van der Waals surface area (Å²) in [6.07, 6.45) is 1.36. The number of carbonyl (C=O) groups is 3. The van der Waals surface area contributed by atoms with Crippen molar-refractivity contribution in [2.75, 3.05) is 6.54 Å². The summed E-state index contributed by atoms with van der Waals surface area (Å²) >= 11 is 18.1. The summed E-state index contributed by atoms with van der Waals surface area (Å²) in [7, 11) is 0. The molecule has 0 aliphatic heterocycles. The van der Waals surface area contributed by atoms with Crippen molar-refractivity contribution in [1.29, 1.82) is 0 Å². The lowest BCUT2D eigenvalue weighted by atomic mass is 10.0. The Hall–Kier alpha value is -3.91. The zero-order chi connectivity index (χ0) is 26.4. The molecule has 4 aromatic carbocycles. The van der Waals surface area contributed by atoms with Gasteiger partial charge in [-0.25, -0.2) is 10.2 Å². The van der Waals surface area contributed by atoms with E-state index in [4.69, 9.17) is 39.5 Å². The van der Waals surface area contributed by atoms with E-state index in [0.29, 0.717) is 10.6 Å². The molecule has 0 unspecified atom stereocenters. The largest absolute Gasteiger partial charge is 0.422 e. The molecule has 0 saturated heterocycles. The average molecular weight is 555 g/mol. The normalized spacial score (nSPS) is 10.9. The Bertz CT molecular complexity index is 1540. The van der Waals surface area contributed by atoms with Gasteiger partial charge in [0.15, 0.2) is 0 Å². The van der Waals surface area contributed by atoms with Crippen LogP contribution in [0.5, 0.6) is 5.75 Å². The Kier molecular flexibility index (Phi) is 8.40. The topological polar surface area (TPSA) is 96.9 Å². The van der Waals surface area contributed by atoms with E-state index in [1.165, 1.54) is 24.4 Å². The Morgan fingerprint density at radius 1 is 0.838 bits per heavy atom. The van der Waals surface area contributed by atoms with E-state index in [1.807, 2.05) is 24.3 Å². The second kappa shape index (κ2) is 11.9. The van der Waals surface area contributed by atoms with Crippen LogP contribution in [0.4, 0.5) is 0 Å². The fourth-order valence-electron chi connectivity index (χ4n) is 3.42. The molecule has 186 valence electrons. The standard InChI is InChI=1S/C27H18Cl3N3O4/c28-17-10-11-20(23(30)13-17)27(36)37-24-12-9-16-5-1-2-6-18(16)21(24)14-32-33-25(34)15-31-26(35)19-7-3-4-8-22(19)29/h1-14H,15H2,(H,31,35)(H,33,34)/b32-14-. The summed E-state index contributed by atoms with van der Waals surface area (Å²) in [5.74, 6) is -1.53. The van der Waals surface area contributed by atoms with E-state index in [9.17, 15) is 14.4 Å². The number of fused-ring (bicyclic) bond motifs is 1. The van der Waals surface area contributed by atoms with Crippen molar-refractivity contribution in [3.8, 4) is 5.75 Å². The Morgan fingerprint density at radius 3 is 2.38 bits per heavy atom. The molecule has 7 nitrogen and oxygen atoms in total. The molecule has 4 aromatic rings. The quantitative estimate of drug-likeness (QED) is 0.129. The second-order valence-electron chi connectivity index (χ2n) is 7.67. The fourth-order valence-corrected chi connectivity index (χ4v) is 4.12. The third-order valence-electron chi connectivity index (χ3n) is 5.20. The van der Waals surface area contributed by atoms with Crippen LogP contribution < -0.4 is 15.5 Å². The average Bonchev–Trinajstić information content (AvgIpc) is 2.88. The number of benzene rings is 4. The van der Waals surface area contributed by atoms with E-state index >= 15 is 0 Å². The van der Waals surface area contributed by atoms with Gasteiger partial charge in [0.25, 0.3) is 11.8 Å². The van der Waals surface area contributed by atoms with Gasteiger partial charge >= 0.3 is 5.97 Å². The number of ether oxygens (including phenoxy) is 1. The third kappa shape index (κ3) is 6.46. The predicted molar refractivity (Wildman–Crippen MR) is 145 cm³/mol. The third-order valence-corrected chi connectivity index (χ3v) is 6.07. The maximum absolute atomic E-state index is 12.8. The highest BCUT2D eigenvalue weighted by Crippen LogP contribution is 2.29. The lowest BCUT2D eigenvalue weighted by Gasteiger charge is -2.11. The minimum absolute atomic E-state index is 0.143. The summed E-state index contributed by atoms with van der Waals surface area (Å²) in [5, 5.41) is 8.89. The molecule has 0 heterocycles. The van der Waals surface area contributed by atoms with Gasteiger partial charge in [0.2, 0.25) is 0 Å². The van der Waals surface area contributed by atoms with Gasteiger partial charge in [0.05, 0.1) is 33.9 Å². The Labute approximate surface area is 227 Å². The highest BCUT2D eigenvalue weighted by molar-refractivity contribution is 6.36. The molecule has 0 bridgehead atoms. The zero-order valence-corrected chi connectivity index (χ0v) is 21.3. The molecular formula is C27H18Cl3N3O4. The first-order chi connectivity index (χ1) is 17.8. The lowest BCUT2D eigenvalue weighted by Crippen LogP contribution is -2.35. The summed E-state index contributed by atoms with van der Waals surface area (Å²) in [5.41, 5.74) is 3.20. The number of halogens is 3. The first-order valence-electron chi connectivity index (χ1n) is 10.9. The summed E-state index contributed by atoms with van der Waals surface area (Å²) < 4.78 is 5.62. The molecule has 0 atom stereocenters. The van der Waals surface area contributed by atoms with E-state index in [1.54, 1.807) is 36.4 Å². The highest BCUT2D eigenvalue weighted by atomic mass is 35.5. The monoisotopic (exact) mass is 553 g/mol. The van der Waals surface area contributed by atoms with Gasteiger partial charge in [-0.2, -0.15) is 5.10 Å². The first kappa shape index (κ1) is 26.2. The van der Waals surface area contributed by atoms with Gasteiger partial charge in [-0.15, -0.1) is 0 Å². The molecule has 10 heteroatoms. The van der Waals surface area contributed by atoms with Gasteiger partial charge in [-0.1, -0.05) is 77.3 Å². The van der Waals surface area contributed by atoms with Crippen LogP contribution >= 0.6 is 34.8 Å². The minimum Gasteiger partial charge on any atom is -0.422 e. The molecule has 0 aliphatic rings. The van der Waals surface area contributed by atoms with Crippen molar-refractivity contribution in [2.45, 2.75) is 0 Å². The van der Waals surface area contributed by atoms with Crippen LogP contribution in [-0.4, -0.2) is 30.5 Å². The summed E-state index contributed by atoms with van der Waals surface area (Å²) in [6.45, 7) is -0.326. The van der Waals surface area contributed by atoms with E-state index < -0.39 is 17.8 Å². The van der Waals surface area contributed by atoms with E-state index in [-0.39, 0.29) is 33.5 Å². The van der Waals surface area contributed by atoms with Crippen LogP contribution in [-0.2, 0) is 4.79 Å². The van der Waals surface area contributed by atoms with Crippen molar-refractivity contribution in [3.05, 3.63) is 111 Å². The number of esters is 1. The predicted octanol–water partition coefficient (Wildman–Crippen LogP) is 5.90. The molecular weight excluding hydrogens is 537 g/mol. The van der Waals surface area contributed by atoms with E-state index in [2.05, 4.69) is 15.8 Å². The van der Waals surface area contributed by atoms with E-state index in [0.717, 1.165) is 10.8 Å². The SMILES string of the molecule is O=C(CNC(=O)c1ccccc1Cl)N/N=C\c1c(OC(=O)c2ccc(Cl)cc2Cl)ccc2ccccc12. The van der Waals surface area contributed by atoms with Crippen LogP contribution in [0.3, 0.4) is 0 Å². The number of rotatable bonds is 7. The van der Waals surface area contributed by atoms with Gasteiger partial charge < -0.3 is 10.1 Å². The van der Waals surface area contributed by atoms with Crippen molar-refractivity contribution >= 4 is 69.6 Å². The van der Waals surface area contributed by atoms with Crippen LogP contribution in [0.1, 0.15) is 26.3 Å². The molecule has 0 radical (unpaired) electrons. The molecule has 0 spiro atoms. The van der Waals surface area contributed by atoms with Crippen LogP contribution in [0.2, 0.25) is 15.1 Å². The summed E-state index contributed by atoms with van der Waals surface area (Å²) in [6, 6.07) is 21.8. The molecule has 37 heavy (non-hydrogen) atoms. The number of hydrogen-bond acceptors (Lipinski definition) is 5. The number of nitrogens with one attached hydrogen (secondary N) is 2. The number of nitrogens with zero attached hydrogens (tertiary/aromatic N) is 1. The van der Waals surface area contributed by atoms with Gasteiger partial charge in [0, 0.05) is 10.6 Å². The number of hydrazone groups is 1. The lowest BCUT2D eigenvalue weighted by molar-refractivity contribution is -0.120. The molecule has 0 fully saturated rings. The van der Waals surface area contributed by atoms with Gasteiger partial charge in [0.1, 0.15) is 5.75 Å². The maximum atomic E-state index is 12.8. The van der Waals surface area contributed by atoms with Crippen molar-refractivity contribution < 1.29 is 19.1 Å². The number of carbonyl (C=O) groups excluding carboxylic acids is 3. The van der Waals surface area contributed by atoms with Crippen molar-refractivity contribution in [1.82, 2.24) is 10.7 Å². The highest BCUT2D eigenvalue weighted by Gasteiger charge is 2.17. The maximum Gasteiger partial charge on any atom is 0.345 e. The molecule has 0 aliphatic carbocycles. The molecule has 0 aromatic heterocycles. The van der Waals surface area contributed by atoms with Crippen LogP contribution in [0.15, 0.2) is 84.0 Å². The van der Waals surface area contributed by atoms with Crippen LogP contribution in [0.25, 0.3) is 10.8 Å². The molecule has 2 N–H and O–H groups in total. The van der Waals surface area contributed by atoms with Gasteiger partial charge in [-0.3, -0.25) is 9.59 Å². The Balaban J connectivity index is 1.49. The second-order valence-corrected chi connectivity index (χ2v) is 8.92. The van der Waals surface area contributed by atoms with Crippen molar-refractivity contribution in [2.24, 2.45) is 5.10 Å². The van der Waals surface area contributed by atoms with Crippen molar-refractivity contribution in [3.63, 3.8) is 0 Å².